The maximum Gasteiger partial charge on any atom is 0.122 e. The van der Waals surface area contributed by atoms with E-state index in [1.807, 2.05) is 24.0 Å². The second-order valence-electron chi connectivity index (χ2n) is 6.43. The largest absolute Gasteiger partial charge is 0.337 e. The van der Waals surface area contributed by atoms with E-state index in [4.69, 9.17) is 0 Å². The minimum Gasteiger partial charge on any atom is -0.337 e. The second kappa shape index (κ2) is 5.80. The Morgan fingerprint density at radius 2 is 1.85 bits per heavy atom. The molecule has 0 bridgehead atoms. The lowest BCUT2D eigenvalue weighted by atomic mass is 9.86. The lowest BCUT2D eigenvalue weighted by Crippen LogP contribution is -2.20. The molecule has 0 fully saturated rings. The van der Waals surface area contributed by atoms with Gasteiger partial charge in [-0.25, -0.2) is 4.98 Å². The summed E-state index contributed by atoms with van der Waals surface area (Å²) in [6.45, 7) is 9.70. The lowest BCUT2D eigenvalue weighted by molar-refractivity contribution is 0.547. The van der Waals surface area contributed by atoms with Crippen molar-refractivity contribution in [2.24, 2.45) is 7.05 Å². The molecule has 3 heteroatoms. The van der Waals surface area contributed by atoms with Gasteiger partial charge in [-0.3, -0.25) is 0 Å². The van der Waals surface area contributed by atoms with Crippen LogP contribution in [0.25, 0.3) is 0 Å². The van der Waals surface area contributed by atoms with Gasteiger partial charge < -0.3 is 9.88 Å². The minimum atomic E-state index is 0.210. The molecule has 1 aromatic heterocycles. The van der Waals surface area contributed by atoms with Crippen LogP contribution in [0, 0.1) is 0 Å². The van der Waals surface area contributed by atoms with Crippen LogP contribution in [0.2, 0.25) is 0 Å². The molecule has 1 N–H and O–H groups in total. The predicted molar refractivity (Wildman–Crippen MR) is 83.6 cm³/mol. The molecule has 0 aliphatic heterocycles. The summed E-state index contributed by atoms with van der Waals surface area (Å²) in [5, 5.41) is 3.52. The first kappa shape index (κ1) is 14.8. The van der Waals surface area contributed by atoms with Crippen LogP contribution in [-0.4, -0.2) is 9.55 Å². The average Bonchev–Trinajstić information content (AvgIpc) is 2.81. The van der Waals surface area contributed by atoms with Gasteiger partial charge in [0.1, 0.15) is 5.82 Å². The highest BCUT2D eigenvalue weighted by atomic mass is 15.1. The molecule has 0 saturated carbocycles. The molecular weight excluding hydrogens is 246 g/mol. The van der Waals surface area contributed by atoms with E-state index in [2.05, 4.69) is 62.3 Å². The fraction of sp³-hybridized carbons (Fsp3) is 0.471. The zero-order valence-electron chi connectivity index (χ0n) is 13.1. The summed E-state index contributed by atoms with van der Waals surface area (Å²) in [7, 11) is 2.02. The highest BCUT2D eigenvalue weighted by molar-refractivity contribution is 5.29. The molecule has 0 saturated heterocycles. The Balaban J connectivity index is 1.99. The van der Waals surface area contributed by atoms with Crippen molar-refractivity contribution in [1.82, 2.24) is 14.9 Å². The first-order valence-corrected chi connectivity index (χ1v) is 7.18. The molecule has 20 heavy (non-hydrogen) atoms. The van der Waals surface area contributed by atoms with Crippen molar-refractivity contribution in [3.05, 3.63) is 53.6 Å². The third-order valence-corrected chi connectivity index (χ3v) is 3.76. The zero-order chi connectivity index (χ0) is 14.8. The zero-order valence-corrected chi connectivity index (χ0v) is 13.1. The highest BCUT2D eigenvalue weighted by Crippen LogP contribution is 2.23. The number of imidazole rings is 1. The van der Waals surface area contributed by atoms with E-state index in [1.54, 1.807) is 0 Å². The summed E-state index contributed by atoms with van der Waals surface area (Å²) >= 11 is 0. The van der Waals surface area contributed by atoms with Gasteiger partial charge in [0.15, 0.2) is 0 Å². The molecule has 0 radical (unpaired) electrons. The number of rotatable bonds is 4. The quantitative estimate of drug-likeness (QED) is 0.921. The van der Waals surface area contributed by atoms with Crippen LogP contribution >= 0.6 is 0 Å². The maximum absolute atomic E-state index is 4.33. The van der Waals surface area contributed by atoms with Gasteiger partial charge in [0.05, 0.1) is 6.54 Å². The lowest BCUT2D eigenvalue weighted by Gasteiger charge is -2.20. The van der Waals surface area contributed by atoms with E-state index in [1.165, 1.54) is 11.1 Å². The number of nitrogens with zero attached hydrogens (tertiary/aromatic N) is 2. The smallest absolute Gasteiger partial charge is 0.122 e. The standard InChI is InChI=1S/C17H25N3/c1-13(19-12-16-18-10-11-20(16)5)14-6-8-15(9-7-14)17(2,3)4/h6-11,13,19H,12H2,1-5H3. The van der Waals surface area contributed by atoms with E-state index in [0.717, 1.165) is 12.4 Å². The molecule has 0 spiro atoms. The molecule has 2 aromatic rings. The molecule has 0 amide bonds. The number of hydrogen-bond acceptors (Lipinski definition) is 2. The van der Waals surface area contributed by atoms with Crippen molar-refractivity contribution in [2.75, 3.05) is 0 Å². The predicted octanol–water partition coefficient (Wildman–Crippen LogP) is 3.57. The average molecular weight is 271 g/mol. The van der Waals surface area contributed by atoms with E-state index >= 15 is 0 Å². The van der Waals surface area contributed by atoms with E-state index in [9.17, 15) is 0 Å². The van der Waals surface area contributed by atoms with Crippen LogP contribution in [0.1, 0.15) is 50.7 Å². The summed E-state index contributed by atoms with van der Waals surface area (Å²) in [6.07, 6.45) is 3.81. The van der Waals surface area contributed by atoms with Crippen molar-refractivity contribution >= 4 is 0 Å². The second-order valence-corrected chi connectivity index (χ2v) is 6.43. The van der Waals surface area contributed by atoms with Crippen LogP contribution in [-0.2, 0) is 19.0 Å². The number of nitrogens with one attached hydrogen (secondary N) is 1. The Kier molecular flexibility index (Phi) is 4.29. The summed E-state index contributed by atoms with van der Waals surface area (Å²) in [5.41, 5.74) is 2.90. The monoisotopic (exact) mass is 271 g/mol. The van der Waals surface area contributed by atoms with Gasteiger partial charge in [-0.2, -0.15) is 0 Å². The molecule has 3 nitrogen and oxygen atoms in total. The number of aryl methyl sites for hydroxylation is 1. The van der Waals surface area contributed by atoms with Gasteiger partial charge >= 0.3 is 0 Å². The molecule has 1 aromatic carbocycles. The van der Waals surface area contributed by atoms with Crippen molar-refractivity contribution in [2.45, 2.75) is 45.7 Å². The fourth-order valence-electron chi connectivity index (χ4n) is 2.20. The van der Waals surface area contributed by atoms with Crippen LogP contribution in [0.3, 0.4) is 0 Å². The third kappa shape index (κ3) is 3.48. The third-order valence-electron chi connectivity index (χ3n) is 3.76. The Hall–Kier alpha value is -1.61. The van der Waals surface area contributed by atoms with E-state index in [-0.39, 0.29) is 5.41 Å². The fourth-order valence-corrected chi connectivity index (χ4v) is 2.20. The van der Waals surface area contributed by atoms with Crippen molar-refractivity contribution in [3.63, 3.8) is 0 Å². The molecule has 108 valence electrons. The minimum absolute atomic E-state index is 0.210. The Morgan fingerprint density at radius 1 is 1.20 bits per heavy atom. The van der Waals surface area contributed by atoms with Gasteiger partial charge in [0.25, 0.3) is 0 Å². The van der Waals surface area contributed by atoms with Gasteiger partial charge in [-0.05, 0) is 23.5 Å². The van der Waals surface area contributed by atoms with Crippen LogP contribution in [0.4, 0.5) is 0 Å². The number of benzene rings is 1. The topological polar surface area (TPSA) is 29.9 Å². The summed E-state index contributed by atoms with van der Waals surface area (Å²) in [4.78, 5) is 4.33. The van der Waals surface area contributed by atoms with Crippen molar-refractivity contribution in [1.29, 1.82) is 0 Å². The molecular formula is C17H25N3. The number of aromatic nitrogens is 2. The van der Waals surface area contributed by atoms with E-state index in [0.29, 0.717) is 6.04 Å². The number of hydrogen-bond donors (Lipinski definition) is 1. The summed E-state index contributed by atoms with van der Waals surface area (Å²) in [5.74, 6) is 1.06. The summed E-state index contributed by atoms with van der Waals surface area (Å²) < 4.78 is 2.04. The Labute approximate surface area is 122 Å². The van der Waals surface area contributed by atoms with Crippen LogP contribution in [0.5, 0.6) is 0 Å². The molecule has 0 aliphatic rings. The first-order chi connectivity index (χ1) is 9.38. The highest BCUT2D eigenvalue weighted by Gasteiger charge is 2.14. The molecule has 1 atom stereocenters. The van der Waals surface area contributed by atoms with Crippen molar-refractivity contribution in [3.8, 4) is 0 Å². The maximum atomic E-state index is 4.33. The van der Waals surface area contributed by atoms with Crippen LogP contribution < -0.4 is 5.32 Å². The normalized spacial score (nSPS) is 13.4. The van der Waals surface area contributed by atoms with Gasteiger partial charge in [-0.15, -0.1) is 0 Å². The van der Waals surface area contributed by atoms with Gasteiger partial charge in [0, 0.05) is 25.5 Å². The molecule has 2 rings (SSSR count). The summed E-state index contributed by atoms with van der Waals surface area (Å²) in [6, 6.07) is 9.22. The molecule has 1 unspecified atom stereocenters. The Morgan fingerprint density at radius 3 is 2.35 bits per heavy atom. The Bertz CT molecular complexity index is 546. The molecule has 1 heterocycles. The van der Waals surface area contributed by atoms with E-state index < -0.39 is 0 Å². The first-order valence-electron chi connectivity index (χ1n) is 7.18. The molecule has 0 aliphatic carbocycles. The SMILES string of the molecule is CC(NCc1nccn1C)c1ccc(C(C)(C)C)cc1. The van der Waals surface area contributed by atoms with Gasteiger partial charge in [0.2, 0.25) is 0 Å². The van der Waals surface area contributed by atoms with Crippen molar-refractivity contribution < 1.29 is 0 Å². The van der Waals surface area contributed by atoms with Gasteiger partial charge in [-0.1, -0.05) is 45.0 Å². The van der Waals surface area contributed by atoms with Crippen LogP contribution in [0.15, 0.2) is 36.7 Å².